The number of furan rings is 1. The number of rotatable bonds is 2. The average molecular weight is 363 g/mol. The zero-order chi connectivity index (χ0) is 18.5. The molecule has 0 N–H and O–H groups in total. The summed E-state index contributed by atoms with van der Waals surface area (Å²) in [5, 5.41) is 1.96. The summed E-state index contributed by atoms with van der Waals surface area (Å²) in [6.07, 6.45) is 5.08. The van der Waals surface area contributed by atoms with E-state index in [-0.39, 0.29) is 0 Å². The van der Waals surface area contributed by atoms with Gasteiger partial charge in [-0.1, -0.05) is 48.5 Å². The highest BCUT2D eigenvalue weighted by atomic mass is 16.3. The van der Waals surface area contributed by atoms with Crippen LogP contribution in [0.5, 0.6) is 0 Å². The van der Waals surface area contributed by atoms with Gasteiger partial charge < -0.3 is 4.42 Å². The number of fused-ring (bicyclic) bond motifs is 5. The highest BCUT2D eigenvalue weighted by Gasteiger charge is 2.21. The van der Waals surface area contributed by atoms with Gasteiger partial charge in [-0.05, 0) is 12.1 Å². The third-order valence-corrected chi connectivity index (χ3v) is 4.86. The predicted molar refractivity (Wildman–Crippen MR) is 107 cm³/mol. The second kappa shape index (κ2) is 5.72. The molecule has 6 nitrogen and oxygen atoms in total. The van der Waals surface area contributed by atoms with Crippen molar-refractivity contribution in [2.24, 2.45) is 0 Å². The van der Waals surface area contributed by atoms with Gasteiger partial charge in [0.2, 0.25) is 11.7 Å². The molecule has 4 aromatic heterocycles. The standard InChI is InChI=1S/C22H13N5O/c1-2-6-14(7-3-1)16-10-11-24-22(26-16)27-17-12-23-13-25-20(17)19-15-8-4-5-9-18(15)28-21(19)27/h1-13H. The summed E-state index contributed by atoms with van der Waals surface area (Å²) >= 11 is 0. The van der Waals surface area contributed by atoms with Crippen LogP contribution in [0.4, 0.5) is 0 Å². The van der Waals surface area contributed by atoms with Crippen molar-refractivity contribution in [1.82, 2.24) is 24.5 Å². The molecule has 0 fully saturated rings. The molecule has 0 aliphatic rings. The quantitative estimate of drug-likeness (QED) is 0.443. The van der Waals surface area contributed by atoms with Gasteiger partial charge in [0.15, 0.2) is 0 Å². The van der Waals surface area contributed by atoms with E-state index in [2.05, 4.69) is 15.0 Å². The van der Waals surface area contributed by atoms with Gasteiger partial charge >= 0.3 is 0 Å². The van der Waals surface area contributed by atoms with Gasteiger partial charge in [-0.15, -0.1) is 0 Å². The first-order chi connectivity index (χ1) is 13.9. The molecule has 28 heavy (non-hydrogen) atoms. The molecule has 2 aromatic carbocycles. The zero-order valence-electron chi connectivity index (χ0n) is 14.6. The topological polar surface area (TPSA) is 69.6 Å². The van der Waals surface area contributed by atoms with Crippen molar-refractivity contribution in [3.05, 3.63) is 79.4 Å². The van der Waals surface area contributed by atoms with Gasteiger partial charge in [0.25, 0.3) is 0 Å². The Morgan fingerprint density at radius 2 is 1.71 bits per heavy atom. The SMILES string of the molecule is c1ccc(-c2ccnc(-n3c4cncnc4c4c5ccccc5oc43)n2)cc1. The van der Waals surface area contributed by atoms with Crippen LogP contribution >= 0.6 is 0 Å². The molecule has 4 heterocycles. The number of benzene rings is 2. The number of para-hydroxylation sites is 1. The molecule has 0 radical (unpaired) electrons. The van der Waals surface area contributed by atoms with Crippen LogP contribution in [0.15, 0.2) is 83.8 Å². The first-order valence-electron chi connectivity index (χ1n) is 8.91. The molecule has 0 saturated carbocycles. The molecular formula is C22H13N5O. The molecule has 0 aliphatic heterocycles. The van der Waals surface area contributed by atoms with E-state index in [9.17, 15) is 0 Å². The molecule has 6 heteroatoms. The Morgan fingerprint density at radius 1 is 0.857 bits per heavy atom. The maximum Gasteiger partial charge on any atom is 0.237 e. The summed E-state index contributed by atoms with van der Waals surface area (Å²) < 4.78 is 8.07. The normalized spacial score (nSPS) is 11.6. The van der Waals surface area contributed by atoms with Crippen molar-refractivity contribution in [2.45, 2.75) is 0 Å². The number of aromatic nitrogens is 5. The fraction of sp³-hybridized carbons (Fsp3) is 0. The van der Waals surface area contributed by atoms with Crippen LogP contribution in [-0.4, -0.2) is 24.5 Å². The van der Waals surface area contributed by atoms with E-state index in [1.54, 1.807) is 18.7 Å². The van der Waals surface area contributed by atoms with Crippen LogP contribution in [0.2, 0.25) is 0 Å². The van der Waals surface area contributed by atoms with E-state index in [1.807, 2.05) is 65.2 Å². The van der Waals surface area contributed by atoms with Gasteiger partial charge in [-0.3, -0.25) is 0 Å². The zero-order valence-corrected chi connectivity index (χ0v) is 14.6. The summed E-state index contributed by atoms with van der Waals surface area (Å²) in [7, 11) is 0. The Hall–Kier alpha value is -4.06. The van der Waals surface area contributed by atoms with Crippen LogP contribution in [0.1, 0.15) is 0 Å². The molecule has 6 aromatic rings. The van der Waals surface area contributed by atoms with Gasteiger partial charge in [-0.25, -0.2) is 24.5 Å². The van der Waals surface area contributed by atoms with Crippen molar-refractivity contribution >= 4 is 33.1 Å². The van der Waals surface area contributed by atoms with Crippen LogP contribution < -0.4 is 0 Å². The summed E-state index contributed by atoms with van der Waals surface area (Å²) in [5.74, 6) is 0.523. The smallest absolute Gasteiger partial charge is 0.237 e. The maximum atomic E-state index is 6.18. The van der Waals surface area contributed by atoms with E-state index in [4.69, 9.17) is 9.40 Å². The highest BCUT2D eigenvalue weighted by Crippen LogP contribution is 2.37. The molecule has 0 amide bonds. The Morgan fingerprint density at radius 3 is 2.64 bits per heavy atom. The van der Waals surface area contributed by atoms with E-state index < -0.39 is 0 Å². The number of hydrogen-bond donors (Lipinski definition) is 0. The molecule has 0 saturated heterocycles. The molecule has 0 bridgehead atoms. The van der Waals surface area contributed by atoms with Crippen molar-refractivity contribution in [3.63, 3.8) is 0 Å². The molecule has 6 rings (SSSR count). The maximum absolute atomic E-state index is 6.18. The van der Waals surface area contributed by atoms with Crippen molar-refractivity contribution in [3.8, 4) is 17.2 Å². The minimum absolute atomic E-state index is 0.523. The van der Waals surface area contributed by atoms with E-state index >= 15 is 0 Å². The molecule has 0 spiro atoms. The van der Waals surface area contributed by atoms with Crippen LogP contribution in [0.25, 0.3) is 50.3 Å². The van der Waals surface area contributed by atoms with Crippen molar-refractivity contribution in [1.29, 1.82) is 0 Å². The Balaban J connectivity index is 1.70. The fourth-order valence-electron chi connectivity index (χ4n) is 3.63. The molecule has 132 valence electrons. The van der Waals surface area contributed by atoms with E-state index in [0.717, 1.165) is 38.6 Å². The highest BCUT2D eigenvalue weighted by molar-refractivity contribution is 6.18. The number of hydrogen-bond acceptors (Lipinski definition) is 5. The minimum Gasteiger partial charge on any atom is -0.439 e. The lowest BCUT2D eigenvalue weighted by molar-refractivity contribution is 0.641. The number of nitrogens with zero attached hydrogens (tertiary/aromatic N) is 5. The largest absolute Gasteiger partial charge is 0.439 e. The summed E-state index contributed by atoms with van der Waals surface area (Å²) in [5.41, 5.74) is 4.98. The van der Waals surface area contributed by atoms with Gasteiger partial charge in [0, 0.05) is 17.1 Å². The van der Waals surface area contributed by atoms with Gasteiger partial charge in [0.1, 0.15) is 17.4 Å². The van der Waals surface area contributed by atoms with Crippen molar-refractivity contribution < 1.29 is 4.42 Å². The Labute approximate surface area is 159 Å². The third-order valence-electron chi connectivity index (χ3n) is 4.86. The minimum atomic E-state index is 0.523. The average Bonchev–Trinajstić information content (AvgIpc) is 3.29. The summed E-state index contributed by atoms with van der Waals surface area (Å²) in [6.45, 7) is 0. The molecule has 0 atom stereocenters. The van der Waals surface area contributed by atoms with Crippen molar-refractivity contribution in [2.75, 3.05) is 0 Å². The lowest BCUT2D eigenvalue weighted by Gasteiger charge is -2.06. The molecular weight excluding hydrogens is 350 g/mol. The second-order valence-corrected chi connectivity index (χ2v) is 6.48. The Bertz CT molecular complexity index is 1470. The lowest BCUT2D eigenvalue weighted by atomic mass is 10.1. The predicted octanol–water partition coefficient (Wildman–Crippen LogP) is 4.78. The third kappa shape index (κ3) is 2.08. The van der Waals surface area contributed by atoms with Gasteiger partial charge in [-0.2, -0.15) is 0 Å². The lowest BCUT2D eigenvalue weighted by Crippen LogP contribution is -2.01. The van der Waals surface area contributed by atoms with Crippen LogP contribution in [0.3, 0.4) is 0 Å². The monoisotopic (exact) mass is 363 g/mol. The van der Waals surface area contributed by atoms with Gasteiger partial charge in [0.05, 0.1) is 22.8 Å². The first kappa shape index (κ1) is 15.0. The molecule has 0 unspecified atom stereocenters. The fourth-order valence-corrected chi connectivity index (χ4v) is 3.63. The summed E-state index contributed by atoms with van der Waals surface area (Å²) in [6, 6.07) is 19.9. The second-order valence-electron chi connectivity index (χ2n) is 6.48. The van der Waals surface area contributed by atoms with E-state index in [0.29, 0.717) is 11.7 Å². The molecule has 0 aliphatic carbocycles. The first-order valence-corrected chi connectivity index (χ1v) is 8.91. The van der Waals surface area contributed by atoms with Crippen LogP contribution in [-0.2, 0) is 0 Å². The Kier molecular flexibility index (Phi) is 3.07. The summed E-state index contributed by atoms with van der Waals surface area (Å²) in [4.78, 5) is 18.0. The van der Waals surface area contributed by atoms with E-state index in [1.165, 1.54) is 0 Å². The van der Waals surface area contributed by atoms with Crippen LogP contribution in [0, 0.1) is 0 Å².